The van der Waals surface area contributed by atoms with E-state index in [1.807, 2.05) is 0 Å². The molecular weight excluding hydrogens is 442 g/mol. The Morgan fingerprint density at radius 2 is 1.09 bits per heavy atom. The summed E-state index contributed by atoms with van der Waals surface area (Å²) in [5.41, 5.74) is 0. The van der Waals surface area contributed by atoms with Crippen LogP contribution in [0.5, 0.6) is 0 Å². The molecule has 0 spiro atoms. The van der Waals surface area contributed by atoms with Crippen LogP contribution in [0.1, 0.15) is 41.5 Å². The lowest BCUT2D eigenvalue weighted by molar-refractivity contribution is -0.183. The van der Waals surface area contributed by atoms with Gasteiger partial charge in [-0.05, 0) is 27.7 Å². The second-order valence-electron chi connectivity index (χ2n) is 7.17. The molecule has 1 rings (SSSR count). The van der Waals surface area contributed by atoms with Crippen LogP contribution in [0.15, 0.2) is 4.99 Å². The molecule has 0 aromatic heterocycles. The number of carbonyl (C=O) groups is 6. The summed E-state index contributed by atoms with van der Waals surface area (Å²) in [4.78, 5) is 77.9. The number of esters is 4. The monoisotopic (exact) mass is 471 g/mol. The van der Waals surface area contributed by atoms with Crippen molar-refractivity contribution in [2.75, 3.05) is 20.1 Å². The Morgan fingerprint density at radius 3 is 1.48 bits per heavy atom. The summed E-state index contributed by atoms with van der Waals surface area (Å²) in [6.07, 6.45) is -5.28. The fourth-order valence-corrected chi connectivity index (χ4v) is 2.77. The number of ether oxygens (including phenoxy) is 4. The molecule has 13 nitrogen and oxygen atoms in total. The number of carbonyl (C=O) groups excluding carboxylic acids is 6. The highest BCUT2D eigenvalue weighted by molar-refractivity contribution is 6.06. The predicted molar refractivity (Wildman–Crippen MR) is 110 cm³/mol. The lowest BCUT2D eigenvalue weighted by Gasteiger charge is -2.23. The molecule has 13 heteroatoms. The molecule has 1 fully saturated rings. The van der Waals surface area contributed by atoms with Crippen LogP contribution < -0.4 is 0 Å². The van der Waals surface area contributed by atoms with Crippen LogP contribution in [0.25, 0.3) is 0 Å². The summed E-state index contributed by atoms with van der Waals surface area (Å²) < 4.78 is 19.5. The quantitative estimate of drug-likeness (QED) is 0.331. The number of guanidine groups is 1. The third kappa shape index (κ3) is 7.54. The van der Waals surface area contributed by atoms with Crippen molar-refractivity contribution >= 4 is 41.7 Å². The SMILES string of the molecule is C/N=C1/N(C(C)=O)CCN1C(=O)C(C)OC(=O)C(C)OC(=O)C(C)OC(=O)C(C)OC(C)=O. The maximum absolute atomic E-state index is 12.7. The molecule has 1 aliphatic heterocycles. The smallest absolute Gasteiger partial charge is 0.347 e. The van der Waals surface area contributed by atoms with E-state index in [1.54, 1.807) is 0 Å². The van der Waals surface area contributed by atoms with Crippen LogP contribution in [0, 0.1) is 0 Å². The number of amides is 2. The summed E-state index contributed by atoms with van der Waals surface area (Å²) in [6, 6.07) is 0. The van der Waals surface area contributed by atoms with Crippen molar-refractivity contribution in [2.45, 2.75) is 66.0 Å². The molecule has 33 heavy (non-hydrogen) atoms. The van der Waals surface area contributed by atoms with E-state index >= 15 is 0 Å². The van der Waals surface area contributed by atoms with E-state index in [4.69, 9.17) is 14.2 Å². The van der Waals surface area contributed by atoms with Crippen LogP contribution in [-0.2, 0) is 47.7 Å². The second kappa shape index (κ2) is 11.9. The largest absolute Gasteiger partial charge is 0.451 e. The molecular formula is C20H29N3O10. The Morgan fingerprint density at radius 1 is 0.697 bits per heavy atom. The van der Waals surface area contributed by atoms with Gasteiger partial charge in [0.05, 0.1) is 0 Å². The first-order valence-electron chi connectivity index (χ1n) is 10.1. The number of nitrogens with zero attached hydrogens (tertiary/aromatic N) is 3. The third-order valence-electron chi connectivity index (χ3n) is 4.44. The minimum atomic E-state index is -1.41. The molecule has 4 unspecified atom stereocenters. The van der Waals surface area contributed by atoms with Gasteiger partial charge in [0.1, 0.15) is 0 Å². The Bertz CT molecular complexity index is 840. The van der Waals surface area contributed by atoms with Gasteiger partial charge < -0.3 is 18.9 Å². The fraction of sp³-hybridized carbons (Fsp3) is 0.650. The van der Waals surface area contributed by atoms with E-state index in [0.717, 1.165) is 6.92 Å². The lowest BCUT2D eigenvalue weighted by Crippen LogP contribution is -2.45. The molecule has 0 saturated carbocycles. The van der Waals surface area contributed by atoms with Gasteiger partial charge in [-0.15, -0.1) is 0 Å². The van der Waals surface area contributed by atoms with E-state index in [-0.39, 0.29) is 25.0 Å². The maximum Gasteiger partial charge on any atom is 0.347 e. The number of hydrogen-bond donors (Lipinski definition) is 0. The Hall–Kier alpha value is -3.51. The number of rotatable bonds is 8. The minimum absolute atomic E-state index is 0.147. The standard InChI is InChI=1S/C20H29N3O10/c1-10(16(26)23-9-8-22(14(5)24)20(23)21-7)31-18(28)12(3)33-19(29)13(4)32-17(27)11(2)30-15(6)25/h10-13H,8-9H2,1-7H3/b21-20-. The number of hydrogen-bond acceptors (Lipinski definition) is 11. The lowest BCUT2D eigenvalue weighted by atomic mass is 10.3. The van der Waals surface area contributed by atoms with Crippen LogP contribution in [0.2, 0.25) is 0 Å². The Balaban J connectivity index is 2.62. The van der Waals surface area contributed by atoms with Gasteiger partial charge in [0.2, 0.25) is 11.9 Å². The van der Waals surface area contributed by atoms with Crippen molar-refractivity contribution < 1.29 is 47.7 Å². The van der Waals surface area contributed by atoms with Crippen molar-refractivity contribution in [2.24, 2.45) is 4.99 Å². The number of aliphatic imine (C=N–C) groups is 1. The van der Waals surface area contributed by atoms with Crippen molar-refractivity contribution in [1.82, 2.24) is 9.80 Å². The third-order valence-corrected chi connectivity index (χ3v) is 4.44. The fourth-order valence-electron chi connectivity index (χ4n) is 2.77. The van der Waals surface area contributed by atoms with Gasteiger partial charge in [0, 0.05) is 34.0 Å². The molecule has 0 bridgehead atoms. The highest BCUT2D eigenvalue weighted by Crippen LogP contribution is 2.13. The molecule has 4 atom stereocenters. The van der Waals surface area contributed by atoms with Gasteiger partial charge in [0.15, 0.2) is 24.4 Å². The molecule has 0 radical (unpaired) electrons. The molecule has 1 heterocycles. The Kier molecular flexibility index (Phi) is 9.95. The first-order valence-corrected chi connectivity index (χ1v) is 10.1. The zero-order valence-electron chi connectivity index (χ0n) is 19.6. The van der Waals surface area contributed by atoms with E-state index in [1.165, 1.54) is 51.5 Å². The molecule has 0 aliphatic carbocycles. The summed E-state index contributed by atoms with van der Waals surface area (Å²) >= 11 is 0. The summed E-state index contributed by atoms with van der Waals surface area (Å²) in [5, 5.41) is 0. The van der Waals surface area contributed by atoms with Gasteiger partial charge in [0.25, 0.3) is 5.91 Å². The molecule has 2 amide bonds. The van der Waals surface area contributed by atoms with E-state index in [0.29, 0.717) is 0 Å². The van der Waals surface area contributed by atoms with Gasteiger partial charge in [-0.1, -0.05) is 0 Å². The van der Waals surface area contributed by atoms with Crippen molar-refractivity contribution in [3.8, 4) is 0 Å². The Labute approximate surface area is 191 Å². The highest BCUT2D eigenvalue weighted by atomic mass is 16.6. The van der Waals surface area contributed by atoms with E-state index < -0.39 is 54.2 Å². The van der Waals surface area contributed by atoms with Crippen LogP contribution in [0.4, 0.5) is 0 Å². The topological polar surface area (TPSA) is 158 Å². The summed E-state index contributed by atoms with van der Waals surface area (Å²) in [7, 11) is 1.43. The average Bonchev–Trinajstić information content (AvgIpc) is 3.16. The van der Waals surface area contributed by atoms with Gasteiger partial charge in [-0.25, -0.2) is 14.4 Å². The van der Waals surface area contributed by atoms with E-state index in [9.17, 15) is 28.8 Å². The van der Waals surface area contributed by atoms with Crippen molar-refractivity contribution in [3.05, 3.63) is 0 Å². The molecule has 0 N–H and O–H groups in total. The molecule has 0 aromatic rings. The zero-order chi connectivity index (χ0) is 25.5. The molecule has 184 valence electrons. The molecule has 1 aliphatic rings. The minimum Gasteiger partial charge on any atom is -0.451 e. The predicted octanol–water partition coefficient (Wildman–Crippen LogP) is -0.590. The van der Waals surface area contributed by atoms with Crippen molar-refractivity contribution in [3.63, 3.8) is 0 Å². The van der Waals surface area contributed by atoms with Gasteiger partial charge >= 0.3 is 23.9 Å². The molecule has 0 aromatic carbocycles. The summed E-state index contributed by atoms with van der Waals surface area (Å²) in [5.74, 6) is -4.46. The maximum atomic E-state index is 12.7. The highest BCUT2D eigenvalue weighted by Gasteiger charge is 2.37. The average molecular weight is 471 g/mol. The van der Waals surface area contributed by atoms with Crippen LogP contribution in [0.3, 0.4) is 0 Å². The van der Waals surface area contributed by atoms with Crippen molar-refractivity contribution in [1.29, 1.82) is 0 Å². The first-order chi connectivity index (χ1) is 15.3. The molecule has 1 saturated heterocycles. The van der Waals surface area contributed by atoms with E-state index in [2.05, 4.69) is 9.73 Å². The van der Waals surface area contributed by atoms with Gasteiger partial charge in [-0.2, -0.15) is 0 Å². The normalized spacial score (nSPS) is 18.1. The van der Waals surface area contributed by atoms with Gasteiger partial charge in [-0.3, -0.25) is 29.2 Å². The van der Waals surface area contributed by atoms with Crippen LogP contribution >= 0.6 is 0 Å². The van der Waals surface area contributed by atoms with Crippen LogP contribution in [-0.4, -0.2) is 96.0 Å². The second-order valence-corrected chi connectivity index (χ2v) is 7.17. The summed E-state index contributed by atoms with van der Waals surface area (Å²) in [6.45, 7) is 7.93. The first kappa shape index (κ1) is 27.5. The zero-order valence-corrected chi connectivity index (χ0v) is 19.6.